The van der Waals surface area contributed by atoms with Crippen LogP contribution in [0.25, 0.3) is 10.4 Å². The monoisotopic (exact) mass is 343 g/mol. The third kappa shape index (κ3) is 4.89. The molecule has 0 aromatic heterocycles. The molecule has 1 fully saturated rings. The highest BCUT2D eigenvalue weighted by atomic mass is 32.2. The Balaban J connectivity index is 2.13. The molecule has 0 bridgehead atoms. The lowest BCUT2D eigenvalue weighted by Crippen LogP contribution is -2.45. The van der Waals surface area contributed by atoms with Crippen LogP contribution in [0, 0.1) is 0 Å². The van der Waals surface area contributed by atoms with Crippen molar-refractivity contribution in [2.45, 2.75) is 41.9 Å². The summed E-state index contributed by atoms with van der Waals surface area (Å²) in [6.45, 7) is 1.75. The lowest BCUT2D eigenvalue weighted by atomic mass is 10.0. The van der Waals surface area contributed by atoms with E-state index < -0.39 is 28.4 Å². The first-order valence-electron chi connectivity index (χ1n) is 6.68. The summed E-state index contributed by atoms with van der Waals surface area (Å²) in [5.41, 5.74) is 8.34. The van der Waals surface area contributed by atoms with Gasteiger partial charge < -0.3 is 4.74 Å². The lowest BCUT2D eigenvalue weighted by Gasteiger charge is -2.37. The van der Waals surface area contributed by atoms with Gasteiger partial charge in [-0.05, 0) is 31.0 Å². The van der Waals surface area contributed by atoms with E-state index in [1.807, 2.05) is 30.3 Å². The summed E-state index contributed by atoms with van der Waals surface area (Å²) in [5, 5.41) is 3.74. The van der Waals surface area contributed by atoms with Gasteiger partial charge in [0.15, 0.2) is 0 Å². The van der Waals surface area contributed by atoms with Crippen molar-refractivity contribution in [3.05, 3.63) is 40.8 Å². The minimum atomic E-state index is -3.59. The summed E-state index contributed by atoms with van der Waals surface area (Å²) in [4.78, 5) is 3.82. The van der Waals surface area contributed by atoms with Crippen molar-refractivity contribution < 1.29 is 17.3 Å². The molecular weight excluding hydrogens is 326 g/mol. The molecule has 1 aliphatic heterocycles. The molecule has 0 spiro atoms. The van der Waals surface area contributed by atoms with Crippen molar-refractivity contribution in [1.29, 1.82) is 0 Å². The Bertz CT molecular complexity index is 647. The Morgan fingerprint density at radius 3 is 2.68 bits per heavy atom. The summed E-state index contributed by atoms with van der Waals surface area (Å²) < 4.78 is 33.4. The molecule has 0 unspecified atom stereocenters. The van der Waals surface area contributed by atoms with Crippen molar-refractivity contribution in [3.8, 4) is 0 Å². The molecule has 0 N–H and O–H groups in total. The molecule has 7 nitrogen and oxygen atoms in total. The number of benzene rings is 1. The van der Waals surface area contributed by atoms with Crippen LogP contribution in [-0.4, -0.2) is 38.4 Å². The van der Waals surface area contributed by atoms with Crippen LogP contribution in [0.3, 0.4) is 0 Å². The van der Waals surface area contributed by atoms with Gasteiger partial charge in [-0.1, -0.05) is 35.1 Å². The standard InChI is InChI=1S/C13H17N3O4S2/c1-9-12(20-22(2,17)18)8-11(15-16-14)13(19-9)21-10-6-4-3-5-7-10/h3-7,9,11-13H,8H2,1-2H3/t9-,11+,12-,13-/m1/s1. The van der Waals surface area contributed by atoms with Crippen molar-refractivity contribution >= 4 is 21.9 Å². The number of rotatable bonds is 5. The molecule has 1 aromatic rings. The van der Waals surface area contributed by atoms with E-state index in [2.05, 4.69) is 10.0 Å². The van der Waals surface area contributed by atoms with Crippen LogP contribution in [0.4, 0.5) is 0 Å². The summed E-state index contributed by atoms with van der Waals surface area (Å²) in [6, 6.07) is 9.10. The molecule has 9 heteroatoms. The fraction of sp³-hybridized carbons (Fsp3) is 0.538. The molecule has 2 rings (SSSR count). The van der Waals surface area contributed by atoms with Crippen LogP contribution in [-0.2, 0) is 19.0 Å². The second-order valence-electron chi connectivity index (χ2n) is 4.99. The fourth-order valence-electron chi connectivity index (χ4n) is 2.18. The molecule has 0 aliphatic carbocycles. The van der Waals surface area contributed by atoms with Gasteiger partial charge in [-0.3, -0.25) is 4.18 Å². The van der Waals surface area contributed by atoms with Gasteiger partial charge in [-0.15, -0.1) is 0 Å². The van der Waals surface area contributed by atoms with Gasteiger partial charge in [0.25, 0.3) is 10.1 Å². The van der Waals surface area contributed by atoms with E-state index in [0.29, 0.717) is 6.42 Å². The molecule has 120 valence electrons. The predicted molar refractivity (Wildman–Crippen MR) is 83.9 cm³/mol. The van der Waals surface area contributed by atoms with Gasteiger partial charge in [0.2, 0.25) is 0 Å². The lowest BCUT2D eigenvalue weighted by molar-refractivity contribution is -0.0725. The van der Waals surface area contributed by atoms with Crippen molar-refractivity contribution in [2.24, 2.45) is 5.11 Å². The summed E-state index contributed by atoms with van der Waals surface area (Å²) in [7, 11) is -3.59. The first kappa shape index (κ1) is 17.1. The molecule has 22 heavy (non-hydrogen) atoms. The maximum atomic E-state index is 11.3. The Morgan fingerprint density at radius 2 is 2.09 bits per heavy atom. The van der Waals surface area contributed by atoms with Crippen LogP contribution in [0.5, 0.6) is 0 Å². The zero-order chi connectivity index (χ0) is 16.2. The third-order valence-electron chi connectivity index (χ3n) is 3.15. The summed E-state index contributed by atoms with van der Waals surface area (Å²) in [6.07, 6.45) is 0.217. The zero-order valence-corrected chi connectivity index (χ0v) is 13.8. The van der Waals surface area contributed by atoms with Crippen molar-refractivity contribution in [3.63, 3.8) is 0 Å². The summed E-state index contributed by atoms with van der Waals surface area (Å²) in [5.74, 6) is 0. The van der Waals surface area contributed by atoms with Crippen LogP contribution >= 0.6 is 11.8 Å². The largest absolute Gasteiger partial charge is 0.361 e. The van der Waals surface area contributed by atoms with Crippen LogP contribution in [0.1, 0.15) is 13.3 Å². The minimum Gasteiger partial charge on any atom is -0.361 e. The Kier molecular flexibility index (Phi) is 5.71. The molecule has 1 saturated heterocycles. The fourth-order valence-corrected chi connectivity index (χ4v) is 4.00. The number of azide groups is 1. The van der Waals surface area contributed by atoms with E-state index in [9.17, 15) is 8.42 Å². The first-order valence-corrected chi connectivity index (χ1v) is 9.38. The molecule has 1 aliphatic rings. The van der Waals surface area contributed by atoms with E-state index in [4.69, 9.17) is 14.5 Å². The van der Waals surface area contributed by atoms with E-state index in [1.54, 1.807) is 6.92 Å². The normalized spacial score (nSPS) is 28.8. The quantitative estimate of drug-likeness (QED) is 0.354. The topological polar surface area (TPSA) is 101 Å². The van der Waals surface area contributed by atoms with Crippen molar-refractivity contribution in [2.75, 3.05) is 6.26 Å². The van der Waals surface area contributed by atoms with E-state index >= 15 is 0 Å². The Labute approximate surface area is 133 Å². The second-order valence-corrected chi connectivity index (χ2v) is 7.76. The molecular formula is C13H17N3O4S2. The number of hydrogen-bond donors (Lipinski definition) is 0. The van der Waals surface area contributed by atoms with Gasteiger partial charge in [-0.25, -0.2) is 0 Å². The molecule has 0 amide bonds. The van der Waals surface area contributed by atoms with Crippen molar-refractivity contribution in [1.82, 2.24) is 0 Å². The van der Waals surface area contributed by atoms with E-state index in [1.165, 1.54) is 11.8 Å². The number of ether oxygens (including phenoxy) is 1. The third-order valence-corrected chi connectivity index (χ3v) is 4.95. The zero-order valence-electron chi connectivity index (χ0n) is 12.2. The van der Waals surface area contributed by atoms with E-state index in [0.717, 1.165) is 11.2 Å². The molecule has 0 radical (unpaired) electrons. The minimum absolute atomic E-state index is 0.294. The highest BCUT2D eigenvalue weighted by molar-refractivity contribution is 7.99. The molecule has 1 heterocycles. The second kappa shape index (κ2) is 7.34. The van der Waals surface area contributed by atoms with Gasteiger partial charge in [0.1, 0.15) is 11.5 Å². The molecule has 0 saturated carbocycles. The number of hydrogen-bond acceptors (Lipinski definition) is 6. The summed E-state index contributed by atoms with van der Waals surface area (Å²) >= 11 is 1.44. The average molecular weight is 343 g/mol. The Hall–Kier alpha value is -1.25. The van der Waals surface area contributed by atoms with Gasteiger partial charge >= 0.3 is 0 Å². The average Bonchev–Trinajstić information content (AvgIpc) is 2.43. The SMILES string of the molecule is C[C@H]1O[C@H](Sc2ccccc2)[C@@H](N=[N+]=[N-])C[C@H]1OS(C)(=O)=O. The van der Waals surface area contributed by atoms with Crippen LogP contribution in [0.2, 0.25) is 0 Å². The predicted octanol–water partition coefficient (Wildman–Crippen LogP) is 2.94. The van der Waals surface area contributed by atoms with Crippen LogP contribution < -0.4 is 0 Å². The Morgan fingerprint density at radius 1 is 1.41 bits per heavy atom. The molecule has 1 aromatic carbocycles. The smallest absolute Gasteiger partial charge is 0.264 e. The number of nitrogens with zero attached hydrogens (tertiary/aromatic N) is 3. The maximum absolute atomic E-state index is 11.3. The van der Waals surface area contributed by atoms with E-state index in [-0.39, 0.29) is 5.44 Å². The number of thioether (sulfide) groups is 1. The highest BCUT2D eigenvalue weighted by Crippen LogP contribution is 2.35. The molecule has 4 atom stereocenters. The van der Waals surface area contributed by atoms with Gasteiger partial charge in [-0.2, -0.15) is 8.42 Å². The highest BCUT2D eigenvalue weighted by Gasteiger charge is 2.38. The first-order chi connectivity index (χ1) is 10.4. The van der Waals surface area contributed by atoms with Crippen LogP contribution in [0.15, 0.2) is 40.3 Å². The van der Waals surface area contributed by atoms with Gasteiger partial charge in [0.05, 0.1) is 18.4 Å². The maximum Gasteiger partial charge on any atom is 0.264 e. The van der Waals surface area contributed by atoms with Gasteiger partial charge in [0, 0.05) is 9.81 Å².